The molecule has 62 valence electrons. The lowest BCUT2D eigenvalue weighted by Crippen LogP contribution is -2.30. The van der Waals surface area contributed by atoms with E-state index in [0.29, 0.717) is 6.42 Å². The highest BCUT2D eigenvalue weighted by Crippen LogP contribution is 2.15. The van der Waals surface area contributed by atoms with Crippen LogP contribution in [0.25, 0.3) is 0 Å². The molecule has 0 radical (unpaired) electrons. The fourth-order valence-corrected chi connectivity index (χ4v) is 1.65. The van der Waals surface area contributed by atoms with Gasteiger partial charge in [-0.3, -0.25) is 0 Å². The molecule has 1 rings (SSSR count). The Labute approximate surface area is 67.1 Å². The van der Waals surface area contributed by atoms with Crippen molar-refractivity contribution in [2.24, 2.45) is 0 Å². The van der Waals surface area contributed by atoms with E-state index >= 15 is 0 Å². The number of hydrogen-bond donors (Lipinski definition) is 0. The highest BCUT2D eigenvalue weighted by atomic mass is 32.1. The Morgan fingerprint density at radius 3 is 2.36 bits per heavy atom. The SMILES string of the molecule is CCc1csc([B-](F)(F)F)c1. The van der Waals surface area contributed by atoms with E-state index in [2.05, 4.69) is 0 Å². The zero-order chi connectivity index (χ0) is 8.48. The maximum Gasteiger partial charge on any atom is 0.519 e. The third-order valence-electron chi connectivity index (χ3n) is 1.40. The first-order chi connectivity index (χ1) is 5.04. The molecule has 0 amide bonds. The van der Waals surface area contributed by atoms with Gasteiger partial charge < -0.3 is 12.9 Å². The average Bonchev–Trinajstić information content (AvgIpc) is 2.32. The van der Waals surface area contributed by atoms with E-state index in [1.165, 1.54) is 6.07 Å². The lowest BCUT2D eigenvalue weighted by molar-refractivity contribution is 0.503. The molecule has 5 heteroatoms. The summed E-state index contributed by atoms with van der Waals surface area (Å²) in [6, 6.07) is 1.23. The van der Waals surface area contributed by atoms with Gasteiger partial charge in [-0.1, -0.05) is 17.8 Å². The average molecular weight is 179 g/mol. The van der Waals surface area contributed by atoms with Gasteiger partial charge in [0.15, 0.2) is 0 Å². The Hall–Kier alpha value is -0.445. The zero-order valence-corrected chi connectivity index (χ0v) is 6.80. The van der Waals surface area contributed by atoms with Gasteiger partial charge in [0.25, 0.3) is 0 Å². The van der Waals surface area contributed by atoms with E-state index in [1.54, 1.807) is 5.38 Å². The Morgan fingerprint density at radius 1 is 1.45 bits per heavy atom. The summed E-state index contributed by atoms with van der Waals surface area (Å²) in [6.45, 7) is -2.93. The summed E-state index contributed by atoms with van der Waals surface area (Å²) in [6.07, 6.45) is 0.669. The van der Waals surface area contributed by atoms with Crippen LogP contribution in [0.4, 0.5) is 12.9 Å². The van der Waals surface area contributed by atoms with Crippen molar-refractivity contribution in [1.29, 1.82) is 0 Å². The molecule has 0 unspecified atom stereocenters. The van der Waals surface area contributed by atoms with Gasteiger partial charge in [0.2, 0.25) is 0 Å². The van der Waals surface area contributed by atoms with Gasteiger partial charge in [0.05, 0.1) is 0 Å². The number of hydrogen-bond acceptors (Lipinski definition) is 1. The number of thiophene rings is 1. The van der Waals surface area contributed by atoms with Crippen molar-refractivity contribution in [1.82, 2.24) is 0 Å². The molecule has 0 atom stereocenters. The third-order valence-corrected chi connectivity index (χ3v) is 2.48. The van der Waals surface area contributed by atoms with Crippen LogP contribution in [0.5, 0.6) is 0 Å². The van der Waals surface area contributed by atoms with Crippen LogP contribution in [0, 0.1) is 0 Å². The Kier molecular flexibility index (Phi) is 2.27. The summed E-state index contributed by atoms with van der Waals surface area (Å²) in [5.41, 5.74) is 0.768. The van der Waals surface area contributed by atoms with Gasteiger partial charge in [-0.05, 0) is 17.4 Å². The van der Waals surface area contributed by atoms with Crippen LogP contribution in [-0.4, -0.2) is 6.98 Å². The van der Waals surface area contributed by atoms with Crippen LogP contribution < -0.4 is 4.78 Å². The molecule has 0 aliphatic carbocycles. The first-order valence-corrected chi connectivity index (χ1v) is 4.19. The smallest absolute Gasteiger partial charge is 0.444 e. The second kappa shape index (κ2) is 2.89. The molecule has 0 N–H and O–H groups in total. The predicted octanol–water partition coefficient (Wildman–Crippen LogP) is 2.36. The van der Waals surface area contributed by atoms with E-state index in [9.17, 15) is 12.9 Å². The fraction of sp³-hybridized carbons (Fsp3) is 0.333. The van der Waals surface area contributed by atoms with E-state index in [0.717, 1.165) is 16.9 Å². The summed E-state index contributed by atoms with van der Waals surface area (Å²) in [5.74, 6) is 0. The molecule has 1 heterocycles. The van der Waals surface area contributed by atoms with Crippen LogP contribution in [0.3, 0.4) is 0 Å². The molecule has 0 fully saturated rings. The highest BCUT2D eigenvalue weighted by Gasteiger charge is 2.26. The molecule has 0 nitrogen and oxygen atoms in total. The second-order valence-corrected chi connectivity index (χ2v) is 3.23. The van der Waals surface area contributed by atoms with Gasteiger partial charge in [-0.2, -0.15) is 11.3 Å². The van der Waals surface area contributed by atoms with Crippen LogP contribution in [0.2, 0.25) is 0 Å². The Bertz CT molecular complexity index is 240. The molecule has 1 aromatic heterocycles. The minimum Gasteiger partial charge on any atom is -0.444 e. The van der Waals surface area contributed by atoms with Crippen LogP contribution in [0.1, 0.15) is 12.5 Å². The molecular formula is C6H7BF3S-. The van der Waals surface area contributed by atoms with Crippen molar-refractivity contribution in [2.75, 3.05) is 0 Å². The molecule has 0 saturated heterocycles. The lowest BCUT2D eigenvalue weighted by atomic mass is 9.89. The molecule has 1 aromatic rings. The molecule has 0 aliphatic rings. The summed E-state index contributed by atoms with van der Waals surface area (Å²) >= 11 is 0.784. The predicted molar refractivity (Wildman–Crippen MR) is 42.4 cm³/mol. The molecule has 0 aromatic carbocycles. The van der Waals surface area contributed by atoms with E-state index in [-0.39, 0.29) is 0 Å². The van der Waals surface area contributed by atoms with Gasteiger partial charge >= 0.3 is 6.98 Å². The lowest BCUT2D eigenvalue weighted by Gasteiger charge is -2.09. The van der Waals surface area contributed by atoms with Crippen molar-refractivity contribution in [3.8, 4) is 0 Å². The molecule has 11 heavy (non-hydrogen) atoms. The van der Waals surface area contributed by atoms with Gasteiger partial charge in [-0.25, -0.2) is 0 Å². The van der Waals surface area contributed by atoms with Crippen LogP contribution >= 0.6 is 11.3 Å². The van der Waals surface area contributed by atoms with E-state index in [4.69, 9.17) is 0 Å². The number of halogens is 3. The van der Waals surface area contributed by atoms with Crippen molar-refractivity contribution >= 4 is 23.1 Å². The van der Waals surface area contributed by atoms with Gasteiger partial charge in [-0.15, -0.1) is 0 Å². The molecule has 0 saturated carbocycles. The standard InChI is InChI=1S/C6H7BF3S/c1-2-5-3-6(11-4-5)7(8,9)10/h3-4H,2H2,1H3/q-1. The molecule has 0 aliphatic heterocycles. The third kappa shape index (κ3) is 1.99. The quantitative estimate of drug-likeness (QED) is 0.611. The van der Waals surface area contributed by atoms with Gasteiger partial charge in [0.1, 0.15) is 0 Å². The first kappa shape index (κ1) is 8.65. The highest BCUT2D eigenvalue weighted by molar-refractivity contribution is 7.22. The van der Waals surface area contributed by atoms with Gasteiger partial charge in [0, 0.05) is 0 Å². The van der Waals surface area contributed by atoms with Crippen molar-refractivity contribution in [2.45, 2.75) is 13.3 Å². The topological polar surface area (TPSA) is 0 Å². The maximum atomic E-state index is 12.0. The minimum absolute atomic E-state index is 0.443. The Balaban J connectivity index is 2.89. The summed E-state index contributed by atoms with van der Waals surface area (Å²) < 4.78 is 35.6. The second-order valence-electron chi connectivity index (χ2n) is 2.29. The Morgan fingerprint density at radius 2 is 2.09 bits per heavy atom. The molecular weight excluding hydrogens is 172 g/mol. The maximum absolute atomic E-state index is 12.0. The van der Waals surface area contributed by atoms with Crippen LogP contribution in [-0.2, 0) is 6.42 Å². The minimum atomic E-state index is -4.77. The van der Waals surface area contributed by atoms with Crippen molar-refractivity contribution in [3.63, 3.8) is 0 Å². The van der Waals surface area contributed by atoms with Crippen molar-refractivity contribution in [3.05, 3.63) is 17.0 Å². The number of rotatable bonds is 2. The summed E-state index contributed by atoms with van der Waals surface area (Å²) in [7, 11) is 0. The number of aryl methyl sites for hydroxylation is 1. The summed E-state index contributed by atoms with van der Waals surface area (Å²) in [5, 5.41) is 1.56. The normalized spacial score (nSPS) is 12.0. The first-order valence-electron chi connectivity index (χ1n) is 3.31. The van der Waals surface area contributed by atoms with E-state index < -0.39 is 11.8 Å². The molecule has 0 spiro atoms. The fourth-order valence-electron chi connectivity index (χ4n) is 0.752. The van der Waals surface area contributed by atoms with Crippen molar-refractivity contribution < 1.29 is 12.9 Å². The largest absolute Gasteiger partial charge is 0.519 e. The molecule has 0 bridgehead atoms. The monoisotopic (exact) mass is 179 g/mol. The summed E-state index contributed by atoms with van der Waals surface area (Å²) in [4.78, 5) is 0. The zero-order valence-electron chi connectivity index (χ0n) is 5.98. The van der Waals surface area contributed by atoms with Crippen LogP contribution in [0.15, 0.2) is 11.4 Å². The van der Waals surface area contributed by atoms with E-state index in [1.807, 2.05) is 6.92 Å².